The maximum Gasteiger partial charge on any atom is 0.335 e. The smallest absolute Gasteiger partial charge is 0.335 e. The van der Waals surface area contributed by atoms with Gasteiger partial charge in [0.1, 0.15) is 6.10 Å². The molecule has 0 spiro atoms. The number of imide groups is 1. The quantitative estimate of drug-likeness (QED) is 0.0157. The number of nitrogens with one attached hydrogen (secondary N) is 1. The van der Waals surface area contributed by atoms with Gasteiger partial charge in [0.05, 0.1) is 39.6 Å². The van der Waals surface area contributed by atoms with Crippen LogP contribution in [0.3, 0.4) is 0 Å². The zero-order valence-corrected chi connectivity index (χ0v) is 41.0. The van der Waals surface area contributed by atoms with Crippen LogP contribution in [-0.2, 0) is 42.9 Å². The van der Waals surface area contributed by atoms with E-state index in [4.69, 9.17) is 28.5 Å². The fraction of sp³-hybridized carbons (Fsp3) is 0.846. The van der Waals surface area contributed by atoms with Gasteiger partial charge in [-0.05, 0) is 83.6 Å². The molecule has 1 rings (SSSR count). The van der Waals surface area contributed by atoms with Gasteiger partial charge < -0.3 is 28.5 Å². The van der Waals surface area contributed by atoms with Crippen molar-refractivity contribution in [2.45, 2.75) is 219 Å². The first kappa shape index (κ1) is 59.4. The molecule has 0 radical (unpaired) electrons. The molecule has 12 nitrogen and oxygen atoms in total. The summed E-state index contributed by atoms with van der Waals surface area (Å²) in [5.41, 5.74) is 0. The van der Waals surface area contributed by atoms with E-state index in [1.165, 1.54) is 154 Å². The van der Waals surface area contributed by atoms with Gasteiger partial charge in [-0.3, -0.25) is 19.9 Å². The van der Waals surface area contributed by atoms with Crippen molar-refractivity contribution < 1.29 is 42.9 Å². The number of nitrogens with zero attached hydrogens (tertiary/aromatic N) is 2. The van der Waals surface area contributed by atoms with Crippen molar-refractivity contribution in [3.8, 4) is 0 Å². The summed E-state index contributed by atoms with van der Waals surface area (Å²) in [6, 6.07) is 0. The summed E-state index contributed by atoms with van der Waals surface area (Å²) in [7, 11) is 0. The van der Waals surface area contributed by atoms with E-state index in [1.54, 1.807) is 6.40 Å². The van der Waals surface area contributed by atoms with Crippen molar-refractivity contribution in [3.05, 3.63) is 24.3 Å². The Hall–Kier alpha value is -2.64. The summed E-state index contributed by atoms with van der Waals surface area (Å²) in [6.45, 7) is 9.56. The van der Waals surface area contributed by atoms with Gasteiger partial charge in [-0.15, -0.1) is 5.06 Å². The van der Waals surface area contributed by atoms with E-state index in [9.17, 15) is 14.4 Å². The average molecular weight is 906 g/mol. The number of ether oxygens (including phenoxy) is 5. The van der Waals surface area contributed by atoms with Gasteiger partial charge in [0, 0.05) is 39.2 Å². The molecule has 12 heteroatoms. The molecular formula is C52H95N3O9. The summed E-state index contributed by atoms with van der Waals surface area (Å²) in [5.74, 6) is -1.70. The standard InChI is InChI=1S/C52H95N3O9/c1-3-5-7-9-11-13-15-17-19-21-23-25-27-29-31-40-61-47-53-38-33-42-59-45-49(46-60-44-37-52(58)64-55-50(56)35-36-51(55)57)63-43-34-39-54-48-62-41-32-30-28-26-24-22-20-18-16-14-12-10-8-6-4-2/h17-20,47,49,54H,3-16,21-46,48H2,1-2H3/b19-17+,20-18+,53-47+. The zero-order valence-electron chi connectivity index (χ0n) is 41.0. The third-order valence-corrected chi connectivity index (χ3v) is 11.1. The van der Waals surface area contributed by atoms with Gasteiger partial charge in [0.15, 0.2) is 6.40 Å². The second-order valence-corrected chi connectivity index (χ2v) is 17.2. The molecule has 1 N–H and O–H groups in total. The Morgan fingerprint density at radius 1 is 0.578 bits per heavy atom. The van der Waals surface area contributed by atoms with Crippen LogP contribution in [0.5, 0.6) is 0 Å². The first-order valence-corrected chi connectivity index (χ1v) is 26.1. The molecule has 2 amide bonds. The Balaban J connectivity index is 2.11. The first-order chi connectivity index (χ1) is 31.6. The number of hydrogen-bond donors (Lipinski definition) is 1. The SMILES string of the molecule is CCCCCCCC/C=C/CCCCCCCO/C=N/CCCOCC(COCCC(=O)ON1C(=O)CCC1=O)OCCCNCOCCCCCCC/C=C/CCCCCCCC. The molecule has 64 heavy (non-hydrogen) atoms. The zero-order chi connectivity index (χ0) is 46.1. The molecule has 0 aliphatic carbocycles. The third kappa shape index (κ3) is 40.8. The lowest BCUT2D eigenvalue weighted by Crippen LogP contribution is -2.32. The maximum atomic E-state index is 12.2. The molecule has 1 heterocycles. The van der Waals surface area contributed by atoms with Crippen molar-refractivity contribution in [1.82, 2.24) is 10.4 Å². The van der Waals surface area contributed by atoms with E-state index in [1.807, 2.05) is 0 Å². The Morgan fingerprint density at radius 3 is 1.62 bits per heavy atom. The average Bonchev–Trinajstić information content (AvgIpc) is 3.61. The lowest BCUT2D eigenvalue weighted by molar-refractivity contribution is -0.198. The highest BCUT2D eigenvalue weighted by Gasteiger charge is 2.32. The number of hydroxylamine groups is 2. The minimum atomic E-state index is -0.694. The fourth-order valence-electron chi connectivity index (χ4n) is 7.15. The molecule has 0 aromatic heterocycles. The number of aliphatic imine (C=N–C) groups is 1. The molecule has 0 saturated carbocycles. The number of carbonyl (C=O) groups is 3. The minimum absolute atomic E-state index is 0.0560. The van der Waals surface area contributed by atoms with Crippen LogP contribution in [0.1, 0.15) is 213 Å². The molecule has 1 aliphatic heterocycles. The van der Waals surface area contributed by atoms with Crippen LogP contribution in [0.15, 0.2) is 29.3 Å². The van der Waals surface area contributed by atoms with E-state index >= 15 is 0 Å². The summed E-state index contributed by atoms with van der Waals surface area (Å²) in [6.07, 6.45) is 45.7. The predicted octanol–water partition coefficient (Wildman–Crippen LogP) is 12.1. The van der Waals surface area contributed by atoms with Crippen molar-refractivity contribution >= 4 is 24.2 Å². The van der Waals surface area contributed by atoms with E-state index in [0.717, 1.165) is 38.8 Å². The Labute approximate surface area is 390 Å². The molecule has 1 saturated heterocycles. The van der Waals surface area contributed by atoms with Crippen molar-refractivity contribution in [1.29, 1.82) is 0 Å². The number of rotatable bonds is 50. The lowest BCUT2D eigenvalue weighted by Gasteiger charge is -2.18. The van der Waals surface area contributed by atoms with Crippen molar-refractivity contribution in [2.75, 3.05) is 66.1 Å². The maximum absolute atomic E-state index is 12.2. The van der Waals surface area contributed by atoms with Gasteiger partial charge >= 0.3 is 5.97 Å². The van der Waals surface area contributed by atoms with Gasteiger partial charge in [0.25, 0.3) is 11.8 Å². The van der Waals surface area contributed by atoms with Gasteiger partial charge in [-0.2, -0.15) is 0 Å². The topological polar surface area (TPSA) is 134 Å². The van der Waals surface area contributed by atoms with Crippen LogP contribution in [0, 0.1) is 0 Å². The summed E-state index contributed by atoms with van der Waals surface area (Å²) in [5, 5.41) is 3.87. The number of unbranched alkanes of at least 4 members (excludes halogenated alkanes) is 22. The van der Waals surface area contributed by atoms with Crippen LogP contribution >= 0.6 is 0 Å². The molecule has 1 unspecified atom stereocenters. The highest BCUT2D eigenvalue weighted by Crippen LogP contribution is 2.14. The number of hydrogen-bond acceptors (Lipinski definition) is 11. The summed E-state index contributed by atoms with van der Waals surface area (Å²) < 4.78 is 29.0. The Kier molecular flexibility index (Phi) is 44.8. The monoisotopic (exact) mass is 906 g/mol. The van der Waals surface area contributed by atoms with Gasteiger partial charge in [-0.1, -0.05) is 141 Å². The number of allylic oxidation sites excluding steroid dienone is 4. The number of carbonyl (C=O) groups excluding carboxylic acids is 3. The Bertz CT molecular complexity index is 1140. The van der Waals surface area contributed by atoms with Crippen LogP contribution in [0.2, 0.25) is 0 Å². The second kappa shape index (κ2) is 48.3. The molecule has 0 bridgehead atoms. The summed E-state index contributed by atoms with van der Waals surface area (Å²) in [4.78, 5) is 44.9. The van der Waals surface area contributed by atoms with Crippen LogP contribution in [0.25, 0.3) is 0 Å². The molecular weight excluding hydrogens is 811 g/mol. The minimum Gasteiger partial charge on any atom is -0.483 e. The van der Waals surface area contributed by atoms with Gasteiger partial charge in [0.2, 0.25) is 0 Å². The highest BCUT2D eigenvalue weighted by atomic mass is 16.7. The van der Waals surface area contributed by atoms with E-state index in [2.05, 4.69) is 48.5 Å². The molecule has 1 atom stereocenters. The Morgan fingerprint density at radius 2 is 1.06 bits per heavy atom. The lowest BCUT2D eigenvalue weighted by atomic mass is 10.1. The van der Waals surface area contributed by atoms with Crippen molar-refractivity contribution in [2.24, 2.45) is 4.99 Å². The molecule has 372 valence electrons. The van der Waals surface area contributed by atoms with Crippen LogP contribution in [-0.4, -0.2) is 101 Å². The fourth-order valence-corrected chi connectivity index (χ4v) is 7.15. The largest absolute Gasteiger partial charge is 0.483 e. The van der Waals surface area contributed by atoms with Crippen LogP contribution < -0.4 is 5.32 Å². The molecule has 1 aliphatic rings. The molecule has 0 aromatic carbocycles. The first-order valence-electron chi connectivity index (χ1n) is 26.1. The van der Waals surface area contributed by atoms with Gasteiger partial charge in [-0.25, -0.2) is 4.79 Å². The van der Waals surface area contributed by atoms with E-state index in [-0.39, 0.29) is 38.6 Å². The highest BCUT2D eigenvalue weighted by molar-refractivity contribution is 6.01. The second-order valence-electron chi connectivity index (χ2n) is 17.2. The van der Waals surface area contributed by atoms with Crippen molar-refractivity contribution in [3.63, 3.8) is 0 Å². The molecule has 0 aromatic rings. The number of amides is 2. The predicted molar refractivity (Wildman–Crippen MR) is 260 cm³/mol. The normalized spacial score (nSPS) is 13.8. The van der Waals surface area contributed by atoms with Crippen LogP contribution in [0.4, 0.5) is 0 Å². The molecule has 1 fully saturated rings. The third-order valence-electron chi connectivity index (χ3n) is 11.1. The van der Waals surface area contributed by atoms with E-state index in [0.29, 0.717) is 44.8 Å². The summed E-state index contributed by atoms with van der Waals surface area (Å²) >= 11 is 0. The van der Waals surface area contributed by atoms with E-state index < -0.39 is 17.8 Å².